The molecule has 1 aromatic heterocycles. The van der Waals surface area contributed by atoms with Gasteiger partial charge in [-0.25, -0.2) is 4.39 Å². The number of piperazine rings is 1. The van der Waals surface area contributed by atoms with Gasteiger partial charge in [-0.1, -0.05) is 26.1 Å². The molecule has 0 radical (unpaired) electrons. The molecular formula is C34H48FN7O2. The van der Waals surface area contributed by atoms with Gasteiger partial charge in [0.25, 0.3) is 0 Å². The van der Waals surface area contributed by atoms with Gasteiger partial charge < -0.3 is 24.3 Å². The van der Waals surface area contributed by atoms with Crippen LogP contribution in [0.4, 0.5) is 15.9 Å². The molecule has 1 atom stereocenters. The zero-order chi connectivity index (χ0) is 32.1. The van der Waals surface area contributed by atoms with Gasteiger partial charge in [-0.15, -0.1) is 0 Å². The van der Waals surface area contributed by atoms with Crippen LogP contribution in [0.2, 0.25) is 0 Å². The van der Waals surface area contributed by atoms with Crippen LogP contribution in [0.3, 0.4) is 0 Å². The van der Waals surface area contributed by atoms with Gasteiger partial charge >= 0.3 is 6.01 Å². The molecule has 2 aliphatic heterocycles. The highest BCUT2D eigenvalue weighted by molar-refractivity contribution is 5.87. The summed E-state index contributed by atoms with van der Waals surface area (Å²) in [5, 5.41) is 7.62. The highest BCUT2D eigenvalue weighted by Gasteiger charge is 2.30. The summed E-state index contributed by atoms with van der Waals surface area (Å²) in [5.74, 6) is 0.799. The van der Waals surface area contributed by atoms with Crippen LogP contribution >= 0.6 is 0 Å². The number of carbonyl (C=O) groups is 1. The Morgan fingerprint density at radius 1 is 1.16 bits per heavy atom. The fourth-order valence-electron chi connectivity index (χ4n) is 5.70. The Hall–Kier alpha value is -3.97. The van der Waals surface area contributed by atoms with Crippen LogP contribution in [0.1, 0.15) is 62.3 Å². The summed E-state index contributed by atoms with van der Waals surface area (Å²) in [7, 11) is 4.05. The summed E-state index contributed by atoms with van der Waals surface area (Å²) in [6.07, 6.45) is 8.97. The third kappa shape index (κ3) is 9.26. The summed E-state index contributed by atoms with van der Waals surface area (Å²) < 4.78 is 19.7. The first-order valence-electron chi connectivity index (χ1n) is 15.6. The minimum absolute atomic E-state index is 0.0400. The smallest absolute Gasteiger partial charge is 0.318 e. The lowest BCUT2D eigenvalue weighted by Gasteiger charge is -2.37. The number of anilines is 2. The van der Waals surface area contributed by atoms with Gasteiger partial charge in [0.1, 0.15) is 11.6 Å². The summed E-state index contributed by atoms with van der Waals surface area (Å²) in [6, 6.07) is 7.27. The first-order valence-corrected chi connectivity index (χ1v) is 15.6. The highest BCUT2D eigenvalue weighted by atomic mass is 19.1. The molecule has 0 N–H and O–H groups in total. The van der Waals surface area contributed by atoms with Gasteiger partial charge in [-0.05, 0) is 95.1 Å². The second kappa shape index (κ2) is 17.4. The van der Waals surface area contributed by atoms with E-state index in [2.05, 4.69) is 30.0 Å². The number of likely N-dealkylation sites (tertiary alicyclic amines) is 1. The van der Waals surface area contributed by atoms with Crippen LogP contribution in [0.15, 0.2) is 43.6 Å². The van der Waals surface area contributed by atoms with E-state index in [1.54, 1.807) is 12.3 Å². The van der Waals surface area contributed by atoms with Crippen LogP contribution in [0.5, 0.6) is 6.01 Å². The molecule has 44 heavy (non-hydrogen) atoms. The molecule has 0 unspecified atom stereocenters. The van der Waals surface area contributed by atoms with Crippen molar-refractivity contribution in [3.05, 3.63) is 66.3 Å². The zero-order valence-electron chi connectivity index (χ0n) is 26.9. The van der Waals surface area contributed by atoms with Gasteiger partial charge in [0.05, 0.1) is 18.4 Å². The predicted octanol–water partition coefficient (Wildman–Crippen LogP) is 5.33. The van der Waals surface area contributed by atoms with E-state index < -0.39 is 0 Å². The Morgan fingerprint density at radius 3 is 2.39 bits per heavy atom. The molecule has 5 rings (SSSR count). The number of nitrogens with zero attached hydrogens (tertiary/aromatic N) is 7. The monoisotopic (exact) mass is 605 g/mol. The van der Waals surface area contributed by atoms with Crippen molar-refractivity contribution in [1.29, 1.82) is 5.26 Å². The minimum atomic E-state index is -0.263. The Balaban J connectivity index is 0.000000452. The number of halogens is 1. The first kappa shape index (κ1) is 34.5. The second-order valence-electron chi connectivity index (χ2n) is 11.2. The lowest BCUT2D eigenvalue weighted by atomic mass is 9.81. The highest BCUT2D eigenvalue weighted by Crippen LogP contribution is 2.40. The Bertz CT molecular complexity index is 1300. The van der Waals surface area contributed by atoms with Gasteiger partial charge in [0.15, 0.2) is 0 Å². The van der Waals surface area contributed by atoms with Crippen molar-refractivity contribution in [3.63, 3.8) is 0 Å². The summed E-state index contributed by atoms with van der Waals surface area (Å²) in [5.41, 5.74) is 4.03. The topological polar surface area (TPSA) is 88.8 Å². The lowest BCUT2D eigenvalue weighted by Crippen LogP contribution is -2.49. The number of carbonyl (C=O) groups excluding carboxylic acids is 1. The molecule has 3 aliphatic rings. The SMILES string of the molecule is C=CC(=O)N1CCN(c2nc(OCC)nc3c2CC[C@@H](c2ccc(F)cc2N(C)C=C)C3)CC1.CCC#N.CN1CCCC1. The molecule has 2 saturated heterocycles. The molecule has 238 valence electrons. The molecule has 2 aromatic rings. The van der Waals surface area contributed by atoms with E-state index in [1.165, 1.54) is 38.1 Å². The fraction of sp³-hybridized carbons (Fsp3) is 0.529. The van der Waals surface area contributed by atoms with E-state index in [0.29, 0.717) is 45.2 Å². The van der Waals surface area contributed by atoms with Crippen LogP contribution in [0, 0.1) is 17.1 Å². The maximum atomic E-state index is 14.0. The van der Waals surface area contributed by atoms with Crippen molar-refractivity contribution in [1.82, 2.24) is 19.8 Å². The van der Waals surface area contributed by atoms with Gasteiger partial charge in [-0.2, -0.15) is 15.2 Å². The number of aromatic nitrogens is 2. The molecule has 0 bridgehead atoms. The maximum Gasteiger partial charge on any atom is 0.318 e. The molecule has 9 nitrogen and oxygen atoms in total. The molecule has 0 spiro atoms. The maximum absolute atomic E-state index is 14.0. The second-order valence-corrected chi connectivity index (χ2v) is 11.2. The molecule has 3 heterocycles. The van der Waals surface area contributed by atoms with Crippen molar-refractivity contribution >= 4 is 17.4 Å². The van der Waals surface area contributed by atoms with E-state index >= 15 is 0 Å². The number of nitriles is 1. The average molecular weight is 606 g/mol. The molecule has 10 heteroatoms. The normalized spacial score (nSPS) is 17.6. The number of hydrogen-bond donors (Lipinski definition) is 0. The van der Waals surface area contributed by atoms with Crippen molar-refractivity contribution in [2.75, 3.05) is 69.8 Å². The Morgan fingerprint density at radius 2 is 1.84 bits per heavy atom. The van der Waals surface area contributed by atoms with Crippen molar-refractivity contribution in [3.8, 4) is 12.1 Å². The average Bonchev–Trinajstić information content (AvgIpc) is 3.54. The number of amides is 1. The van der Waals surface area contributed by atoms with E-state index in [4.69, 9.17) is 20.0 Å². The third-order valence-electron chi connectivity index (χ3n) is 8.15. The van der Waals surface area contributed by atoms with E-state index in [0.717, 1.165) is 47.6 Å². The van der Waals surface area contributed by atoms with E-state index in [9.17, 15) is 9.18 Å². The molecule has 2 fully saturated rings. The fourth-order valence-corrected chi connectivity index (χ4v) is 5.70. The third-order valence-corrected chi connectivity index (χ3v) is 8.15. The molecule has 0 saturated carbocycles. The minimum Gasteiger partial charge on any atom is -0.464 e. The van der Waals surface area contributed by atoms with Crippen LogP contribution in [-0.2, 0) is 17.6 Å². The van der Waals surface area contributed by atoms with Crippen LogP contribution < -0.4 is 14.5 Å². The number of ether oxygens (including phenoxy) is 1. The summed E-state index contributed by atoms with van der Waals surface area (Å²) in [6.45, 7) is 16.9. The zero-order valence-corrected chi connectivity index (χ0v) is 26.9. The van der Waals surface area contributed by atoms with Gasteiger partial charge in [-0.3, -0.25) is 4.79 Å². The number of benzene rings is 1. The van der Waals surface area contributed by atoms with Crippen molar-refractivity contribution in [2.45, 2.75) is 58.3 Å². The van der Waals surface area contributed by atoms with Crippen LogP contribution in [-0.4, -0.2) is 85.6 Å². The van der Waals surface area contributed by atoms with Crippen molar-refractivity contribution < 1.29 is 13.9 Å². The number of fused-ring (bicyclic) bond motifs is 1. The number of rotatable bonds is 7. The molecular weight excluding hydrogens is 557 g/mol. The summed E-state index contributed by atoms with van der Waals surface area (Å²) in [4.78, 5) is 29.7. The predicted molar refractivity (Wildman–Crippen MR) is 175 cm³/mol. The Kier molecular flexibility index (Phi) is 13.6. The van der Waals surface area contributed by atoms with Gasteiger partial charge in [0, 0.05) is 50.9 Å². The largest absolute Gasteiger partial charge is 0.464 e. The van der Waals surface area contributed by atoms with Gasteiger partial charge in [0.2, 0.25) is 5.91 Å². The standard InChI is InChI=1S/C26H32FN5O2.C5H11N.C3H5N/c1-5-24(33)31-12-14-32(15-13-31)25-21-10-8-18(16-22(21)28-26(29-25)34-7-3)20-11-9-19(27)17-23(20)30(4)6-2;1-6-4-2-3-5-6;1-2-3-4/h5-6,9,11,17-18H,1-2,7-8,10,12-16H2,3-4H3;2-5H2,1H3;2H2,1H3/t18-;;/m1../s1. The van der Waals surface area contributed by atoms with Crippen molar-refractivity contribution in [2.24, 2.45) is 0 Å². The molecule has 1 aromatic carbocycles. The lowest BCUT2D eigenvalue weighted by molar-refractivity contribution is -0.126. The Labute approximate surface area is 262 Å². The summed E-state index contributed by atoms with van der Waals surface area (Å²) >= 11 is 0. The van der Waals surface area contributed by atoms with Crippen LogP contribution in [0.25, 0.3) is 0 Å². The molecule has 1 amide bonds. The quantitative estimate of drug-likeness (QED) is 0.391. The van der Waals surface area contributed by atoms with E-state index in [-0.39, 0.29) is 17.6 Å². The molecule has 1 aliphatic carbocycles. The number of hydrogen-bond acceptors (Lipinski definition) is 8. The first-order chi connectivity index (χ1) is 21.3. The van der Waals surface area contributed by atoms with E-state index in [1.807, 2.05) is 42.8 Å².